The highest BCUT2D eigenvalue weighted by atomic mass is 19.4. The van der Waals surface area contributed by atoms with Gasteiger partial charge < -0.3 is 4.74 Å². The van der Waals surface area contributed by atoms with Crippen LogP contribution >= 0.6 is 0 Å². The van der Waals surface area contributed by atoms with E-state index in [1.165, 1.54) is 4.90 Å². The molecule has 0 rings (SSSR count). The molecule has 0 bridgehead atoms. The first-order valence-electron chi connectivity index (χ1n) is 9.52. The molecule has 0 N–H and O–H groups in total. The molecule has 198 valence electrons. The molecular formula is C17H22F13NO2. The topological polar surface area (TPSA) is 29.5 Å². The highest BCUT2D eigenvalue weighted by molar-refractivity contribution is 5.79. The number of carbonyl (C=O) groups is 1. The van der Waals surface area contributed by atoms with Gasteiger partial charge in [0.2, 0.25) is 0 Å². The number of carbonyl (C=O) groups excluding carboxylic acids is 1. The number of unbranched alkanes of at least 4 members (excludes halogenated alkanes) is 2. The third-order valence-electron chi connectivity index (χ3n) is 4.49. The quantitative estimate of drug-likeness (QED) is 0.203. The lowest BCUT2D eigenvalue weighted by Gasteiger charge is -2.38. The van der Waals surface area contributed by atoms with Gasteiger partial charge >= 0.3 is 41.8 Å². The maximum absolute atomic E-state index is 13.7. The monoisotopic (exact) mass is 519 g/mol. The second-order valence-corrected chi connectivity index (χ2v) is 7.05. The lowest BCUT2D eigenvalue weighted by molar-refractivity contribution is -0.437. The van der Waals surface area contributed by atoms with Crippen LogP contribution in [0.1, 0.15) is 39.5 Å². The van der Waals surface area contributed by atoms with Crippen molar-refractivity contribution >= 4 is 5.97 Å². The molecule has 0 fully saturated rings. The molecule has 0 aromatic rings. The van der Waals surface area contributed by atoms with Crippen molar-refractivity contribution < 1.29 is 66.6 Å². The zero-order valence-corrected chi connectivity index (χ0v) is 17.3. The minimum atomic E-state index is -8.05. The Hall–Kier alpha value is -1.48. The fourth-order valence-electron chi connectivity index (χ4n) is 2.35. The lowest BCUT2D eigenvalue weighted by Crippen LogP contribution is -2.71. The Kier molecular flexibility index (Phi) is 10.4. The van der Waals surface area contributed by atoms with E-state index in [4.69, 9.17) is 0 Å². The summed E-state index contributed by atoms with van der Waals surface area (Å²) in [6, 6.07) is 0. The fraction of sp³-hybridized carbons (Fsp3) is 0.941. The summed E-state index contributed by atoms with van der Waals surface area (Å²) in [5, 5.41) is 0. The molecule has 0 unspecified atom stereocenters. The Labute approximate surface area is 180 Å². The van der Waals surface area contributed by atoms with Crippen molar-refractivity contribution in [1.29, 1.82) is 0 Å². The molecule has 0 spiro atoms. The maximum Gasteiger partial charge on any atom is 0.460 e. The third-order valence-corrected chi connectivity index (χ3v) is 4.49. The van der Waals surface area contributed by atoms with E-state index in [0.29, 0.717) is 38.8 Å². The molecule has 0 aliphatic carbocycles. The summed E-state index contributed by atoms with van der Waals surface area (Å²) in [5.74, 6) is -42.0. The van der Waals surface area contributed by atoms with Crippen LogP contribution in [0.15, 0.2) is 0 Å². The van der Waals surface area contributed by atoms with Gasteiger partial charge in [-0.05, 0) is 25.9 Å². The molecule has 3 nitrogen and oxygen atoms in total. The minimum Gasteiger partial charge on any atom is -0.460 e. The minimum absolute atomic E-state index is 0.345. The van der Waals surface area contributed by atoms with Crippen LogP contribution in [-0.4, -0.2) is 72.9 Å². The molecule has 33 heavy (non-hydrogen) atoms. The molecule has 0 saturated heterocycles. The number of alkyl halides is 13. The van der Waals surface area contributed by atoms with E-state index in [9.17, 15) is 61.9 Å². The van der Waals surface area contributed by atoms with Crippen LogP contribution in [0, 0.1) is 0 Å². The molecule has 0 atom stereocenters. The van der Waals surface area contributed by atoms with Crippen molar-refractivity contribution in [3.63, 3.8) is 0 Å². The summed E-state index contributed by atoms with van der Waals surface area (Å²) in [7, 11) is 0. The normalized spacial score (nSPS) is 14.7. The van der Waals surface area contributed by atoms with Gasteiger partial charge in [-0.15, -0.1) is 0 Å². The largest absolute Gasteiger partial charge is 0.460 e. The van der Waals surface area contributed by atoms with Gasteiger partial charge in [-0.25, -0.2) is 4.79 Å². The second-order valence-electron chi connectivity index (χ2n) is 7.05. The van der Waals surface area contributed by atoms with E-state index >= 15 is 0 Å². The number of esters is 1. The van der Waals surface area contributed by atoms with E-state index < -0.39 is 48.4 Å². The van der Waals surface area contributed by atoms with E-state index in [-0.39, 0.29) is 6.54 Å². The number of rotatable bonds is 14. The maximum atomic E-state index is 13.7. The van der Waals surface area contributed by atoms with Gasteiger partial charge in [0.25, 0.3) is 0 Å². The van der Waals surface area contributed by atoms with Crippen molar-refractivity contribution in [2.24, 2.45) is 0 Å². The average molecular weight is 519 g/mol. The Morgan fingerprint density at radius 1 is 0.636 bits per heavy atom. The first-order valence-corrected chi connectivity index (χ1v) is 9.52. The van der Waals surface area contributed by atoms with E-state index in [2.05, 4.69) is 4.74 Å². The molecule has 0 radical (unpaired) electrons. The number of ether oxygens (including phenoxy) is 1. The SMILES string of the molecule is CCCCN(CCCC)CCOC(=O)C(F)(F)C(F)(F)C(F)(F)C(F)(F)C(F)(F)C(F)(F)F. The predicted octanol–water partition coefficient (Wildman–Crippen LogP) is 6.17. The molecule has 0 amide bonds. The number of hydrogen-bond donors (Lipinski definition) is 0. The van der Waals surface area contributed by atoms with Crippen LogP contribution < -0.4 is 0 Å². The first kappa shape index (κ1) is 31.5. The van der Waals surface area contributed by atoms with Gasteiger partial charge in [-0.1, -0.05) is 26.7 Å². The van der Waals surface area contributed by atoms with Crippen LogP contribution in [0.5, 0.6) is 0 Å². The van der Waals surface area contributed by atoms with Gasteiger partial charge in [0.15, 0.2) is 0 Å². The second kappa shape index (κ2) is 10.8. The zero-order chi connectivity index (χ0) is 26.5. The summed E-state index contributed by atoms with van der Waals surface area (Å²) in [4.78, 5) is 12.8. The Morgan fingerprint density at radius 2 is 1.03 bits per heavy atom. The first-order chi connectivity index (χ1) is 14.7. The van der Waals surface area contributed by atoms with E-state index in [0.717, 1.165) is 0 Å². The molecule has 0 aromatic heterocycles. The van der Waals surface area contributed by atoms with E-state index in [1.54, 1.807) is 13.8 Å². The molecular weight excluding hydrogens is 497 g/mol. The summed E-state index contributed by atoms with van der Waals surface area (Å²) in [6.07, 6.45) is -4.98. The van der Waals surface area contributed by atoms with Crippen LogP contribution in [0.25, 0.3) is 0 Å². The number of halogens is 13. The number of hydrogen-bond acceptors (Lipinski definition) is 3. The van der Waals surface area contributed by atoms with Crippen LogP contribution in [0.2, 0.25) is 0 Å². The smallest absolute Gasteiger partial charge is 0.460 e. The highest BCUT2D eigenvalue weighted by Crippen LogP contribution is 2.60. The average Bonchev–Trinajstić information content (AvgIpc) is 2.67. The zero-order valence-electron chi connectivity index (χ0n) is 17.3. The molecule has 0 aliphatic rings. The molecule has 0 aromatic carbocycles. The van der Waals surface area contributed by atoms with Gasteiger partial charge in [0.1, 0.15) is 6.61 Å². The Morgan fingerprint density at radius 3 is 1.39 bits per heavy atom. The summed E-state index contributed by atoms with van der Waals surface area (Å²) in [5.41, 5.74) is 0. The van der Waals surface area contributed by atoms with Crippen LogP contribution in [0.3, 0.4) is 0 Å². The molecule has 0 heterocycles. The van der Waals surface area contributed by atoms with Crippen LogP contribution in [0.4, 0.5) is 57.1 Å². The van der Waals surface area contributed by atoms with Crippen molar-refractivity contribution in [3.8, 4) is 0 Å². The predicted molar refractivity (Wildman–Crippen MR) is 88.0 cm³/mol. The third kappa shape index (κ3) is 6.15. The Balaban J connectivity index is 5.64. The van der Waals surface area contributed by atoms with Gasteiger partial charge in [0.05, 0.1) is 0 Å². The summed E-state index contributed by atoms with van der Waals surface area (Å²) < 4.78 is 173. The highest BCUT2D eigenvalue weighted by Gasteiger charge is 2.92. The molecule has 16 heteroatoms. The Bertz CT molecular complexity index is 627. The lowest BCUT2D eigenvalue weighted by atomic mass is 9.94. The van der Waals surface area contributed by atoms with Gasteiger partial charge in [-0.3, -0.25) is 4.90 Å². The van der Waals surface area contributed by atoms with Gasteiger partial charge in [-0.2, -0.15) is 57.1 Å². The van der Waals surface area contributed by atoms with Gasteiger partial charge in [0, 0.05) is 6.54 Å². The van der Waals surface area contributed by atoms with Crippen molar-refractivity contribution in [2.75, 3.05) is 26.2 Å². The van der Waals surface area contributed by atoms with E-state index in [1.807, 2.05) is 0 Å². The fourth-order valence-corrected chi connectivity index (χ4v) is 2.35. The van der Waals surface area contributed by atoms with Crippen molar-refractivity contribution in [2.45, 2.75) is 75.3 Å². The van der Waals surface area contributed by atoms with Crippen molar-refractivity contribution in [1.82, 2.24) is 4.90 Å². The van der Waals surface area contributed by atoms with Crippen LogP contribution in [-0.2, 0) is 9.53 Å². The molecule has 0 aliphatic heterocycles. The summed E-state index contributed by atoms with van der Waals surface area (Å²) in [6.45, 7) is 2.82. The molecule has 0 saturated carbocycles. The number of nitrogens with zero attached hydrogens (tertiary/aromatic N) is 1. The standard InChI is InChI=1S/C17H22F13NO2/c1-3-5-7-31(8-6-4-2)9-10-33-11(32)12(18,19)13(20,21)14(22,23)15(24,25)16(26,27)17(28,29)30/h3-10H2,1-2H3. The summed E-state index contributed by atoms with van der Waals surface area (Å²) >= 11 is 0. The van der Waals surface area contributed by atoms with Crippen molar-refractivity contribution in [3.05, 3.63) is 0 Å².